The Balaban J connectivity index is 1.73. The summed E-state index contributed by atoms with van der Waals surface area (Å²) < 4.78 is 0. The largest absolute Gasteiger partial charge is 0.352 e. The van der Waals surface area contributed by atoms with Crippen molar-refractivity contribution in [1.29, 1.82) is 0 Å². The lowest BCUT2D eigenvalue weighted by Crippen LogP contribution is -2.51. The van der Waals surface area contributed by atoms with Gasteiger partial charge in [-0.25, -0.2) is 0 Å². The second kappa shape index (κ2) is 6.70. The van der Waals surface area contributed by atoms with Crippen LogP contribution in [0, 0.1) is 0 Å². The Morgan fingerprint density at radius 3 is 2.33 bits per heavy atom. The Morgan fingerprint density at radius 1 is 1.21 bits per heavy atom. The van der Waals surface area contributed by atoms with Gasteiger partial charge in [-0.2, -0.15) is 0 Å². The Labute approximate surface area is 149 Å². The van der Waals surface area contributed by atoms with Gasteiger partial charge in [0.15, 0.2) is 0 Å². The maximum atomic E-state index is 12.5. The summed E-state index contributed by atoms with van der Waals surface area (Å²) in [6.07, 6.45) is 1.79. The van der Waals surface area contributed by atoms with E-state index in [2.05, 4.69) is 5.32 Å². The summed E-state index contributed by atoms with van der Waals surface area (Å²) in [5.74, 6) is -0.808. The van der Waals surface area contributed by atoms with E-state index in [9.17, 15) is 14.4 Å². The fourth-order valence-corrected chi connectivity index (χ4v) is 3.53. The number of nitrogens with one attached hydrogen (secondary N) is 1. The molecule has 1 N–H and O–H groups in total. The lowest BCUT2D eigenvalue weighted by molar-refractivity contribution is -0.120. The van der Waals surface area contributed by atoms with Crippen LogP contribution >= 0.6 is 23.2 Å². The number of carbonyl (C=O) groups excluding carboxylic acids is 3. The highest BCUT2D eigenvalue weighted by Crippen LogP contribution is 2.31. The van der Waals surface area contributed by atoms with Crippen LogP contribution < -0.4 is 5.32 Å². The zero-order valence-corrected chi connectivity index (χ0v) is 14.7. The van der Waals surface area contributed by atoms with Crippen molar-refractivity contribution in [1.82, 2.24) is 15.1 Å². The minimum atomic E-state index is -0.366. The Hall–Kier alpha value is -1.63. The molecule has 0 bridgehead atoms. The second-order valence-corrected chi connectivity index (χ2v) is 6.92. The van der Waals surface area contributed by atoms with Crippen LogP contribution in [0.3, 0.4) is 0 Å². The van der Waals surface area contributed by atoms with E-state index in [0.717, 1.165) is 19.4 Å². The summed E-state index contributed by atoms with van der Waals surface area (Å²) >= 11 is 11.9. The molecule has 0 aliphatic carbocycles. The van der Waals surface area contributed by atoms with E-state index in [0.29, 0.717) is 6.54 Å². The molecule has 2 aliphatic heterocycles. The van der Waals surface area contributed by atoms with Crippen LogP contribution in [0.1, 0.15) is 40.5 Å². The molecule has 1 saturated heterocycles. The number of hydrogen-bond donors (Lipinski definition) is 1. The molecule has 2 aliphatic rings. The average Bonchev–Trinajstić information content (AvgIpc) is 2.73. The minimum absolute atomic E-state index is 0.0373. The van der Waals surface area contributed by atoms with E-state index in [1.54, 1.807) is 0 Å². The quantitative estimate of drug-likeness (QED) is 0.828. The normalized spacial score (nSPS) is 21.1. The number of piperidine rings is 1. The number of amides is 3. The molecule has 8 heteroatoms. The average molecular weight is 370 g/mol. The number of hydrogen-bond acceptors (Lipinski definition) is 4. The van der Waals surface area contributed by atoms with Gasteiger partial charge in [-0.05, 0) is 31.5 Å². The van der Waals surface area contributed by atoms with E-state index < -0.39 is 0 Å². The van der Waals surface area contributed by atoms with Crippen molar-refractivity contribution in [3.8, 4) is 0 Å². The smallest absolute Gasteiger partial charge is 0.262 e. The number of halogens is 2. The first kappa shape index (κ1) is 17.2. The van der Waals surface area contributed by atoms with Crippen molar-refractivity contribution < 1.29 is 14.4 Å². The molecule has 0 radical (unpaired) electrons. The second-order valence-electron chi connectivity index (χ2n) is 6.11. The molecule has 3 amide bonds. The first-order valence-corrected chi connectivity index (χ1v) is 8.47. The molecular formula is C16H17Cl2N3O3. The predicted octanol–water partition coefficient (Wildman–Crippen LogP) is 2.15. The van der Waals surface area contributed by atoms with Gasteiger partial charge in [0.05, 0.1) is 27.8 Å². The molecule has 1 unspecified atom stereocenters. The number of carbonyl (C=O) groups is 3. The highest BCUT2D eigenvalue weighted by atomic mass is 35.5. The van der Waals surface area contributed by atoms with Crippen molar-refractivity contribution in [2.45, 2.75) is 25.8 Å². The van der Waals surface area contributed by atoms with Crippen molar-refractivity contribution in [3.63, 3.8) is 0 Å². The standard InChI is InChI=1S/C16H17Cl2N3O3/c1-9(22)19-10-3-2-4-20(7-10)8-21-15(23)11-5-13(17)14(18)6-12(11)16(21)24/h5-6,10H,2-4,7-8H2,1H3,(H,19,22). The van der Waals surface area contributed by atoms with Gasteiger partial charge < -0.3 is 5.32 Å². The Kier molecular flexibility index (Phi) is 4.80. The summed E-state index contributed by atoms with van der Waals surface area (Å²) in [6.45, 7) is 3.05. The van der Waals surface area contributed by atoms with Crippen molar-refractivity contribution in [2.24, 2.45) is 0 Å². The summed E-state index contributed by atoms with van der Waals surface area (Å²) in [5, 5.41) is 3.39. The number of likely N-dealkylation sites (tertiary alicyclic amines) is 1. The van der Waals surface area contributed by atoms with Gasteiger partial charge in [0.2, 0.25) is 5.91 Å². The molecule has 24 heavy (non-hydrogen) atoms. The fraction of sp³-hybridized carbons (Fsp3) is 0.438. The van der Waals surface area contributed by atoms with Gasteiger partial charge in [0, 0.05) is 19.5 Å². The van der Waals surface area contributed by atoms with Crippen LogP contribution in [0.15, 0.2) is 12.1 Å². The van der Waals surface area contributed by atoms with Crippen LogP contribution in [-0.4, -0.2) is 53.3 Å². The van der Waals surface area contributed by atoms with E-state index >= 15 is 0 Å². The molecule has 0 saturated carbocycles. The third-order valence-corrected chi connectivity index (χ3v) is 4.99. The molecule has 6 nitrogen and oxygen atoms in total. The highest BCUT2D eigenvalue weighted by molar-refractivity contribution is 6.43. The van der Waals surface area contributed by atoms with E-state index in [-0.39, 0.29) is 51.6 Å². The minimum Gasteiger partial charge on any atom is -0.352 e. The SMILES string of the molecule is CC(=O)NC1CCCN(CN2C(=O)c3cc(Cl)c(Cl)cc3C2=O)C1. The fourth-order valence-electron chi connectivity index (χ4n) is 3.20. The van der Waals surface area contributed by atoms with Crippen molar-refractivity contribution in [3.05, 3.63) is 33.3 Å². The van der Waals surface area contributed by atoms with Crippen molar-refractivity contribution in [2.75, 3.05) is 19.8 Å². The number of rotatable bonds is 3. The molecule has 1 atom stereocenters. The van der Waals surface area contributed by atoms with Gasteiger partial charge in [0.25, 0.3) is 11.8 Å². The number of nitrogens with zero attached hydrogens (tertiary/aromatic N) is 2. The summed E-state index contributed by atoms with van der Waals surface area (Å²) in [7, 11) is 0. The monoisotopic (exact) mass is 369 g/mol. The van der Waals surface area contributed by atoms with Gasteiger partial charge in [-0.15, -0.1) is 0 Å². The van der Waals surface area contributed by atoms with Crippen molar-refractivity contribution >= 4 is 40.9 Å². The van der Waals surface area contributed by atoms with E-state index in [1.807, 2.05) is 4.90 Å². The molecule has 1 aromatic rings. The summed E-state index contributed by atoms with van der Waals surface area (Å²) in [4.78, 5) is 39.4. The Bertz CT molecular complexity index is 682. The van der Waals surface area contributed by atoms with Crippen LogP contribution in [0.2, 0.25) is 10.0 Å². The van der Waals surface area contributed by atoms with Gasteiger partial charge >= 0.3 is 0 Å². The zero-order chi connectivity index (χ0) is 17.4. The predicted molar refractivity (Wildman–Crippen MR) is 90.2 cm³/mol. The molecule has 1 fully saturated rings. The van der Waals surface area contributed by atoms with Gasteiger partial charge in [-0.1, -0.05) is 23.2 Å². The molecule has 0 spiro atoms. The zero-order valence-electron chi connectivity index (χ0n) is 13.1. The molecular weight excluding hydrogens is 353 g/mol. The van der Waals surface area contributed by atoms with E-state index in [1.165, 1.54) is 24.0 Å². The third-order valence-electron chi connectivity index (χ3n) is 4.27. The topological polar surface area (TPSA) is 69.7 Å². The first-order valence-electron chi connectivity index (χ1n) is 7.71. The molecule has 0 aromatic heterocycles. The maximum Gasteiger partial charge on any atom is 0.262 e. The molecule has 1 aromatic carbocycles. The highest BCUT2D eigenvalue weighted by Gasteiger charge is 2.37. The van der Waals surface area contributed by atoms with Crippen LogP contribution in [-0.2, 0) is 4.79 Å². The third kappa shape index (κ3) is 3.27. The summed E-state index contributed by atoms with van der Waals surface area (Å²) in [6, 6.07) is 2.92. The van der Waals surface area contributed by atoms with Crippen LogP contribution in [0.25, 0.3) is 0 Å². The number of fused-ring (bicyclic) bond motifs is 1. The lowest BCUT2D eigenvalue weighted by Gasteiger charge is -2.34. The molecule has 2 heterocycles. The molecule has 128 valence electrons. The Morgan fingerprint density at radius 2 is 1.79 bits per heavy atom. The molecule has 3 rings (SSSR count). The maximum absolute atomic E-state index is 12.5. The van der Waals surface area contributed by atoms with Crippen LogP contribution in [0.5, 0.6) is 0 Å². The van der Waals surface area contributed by atoms with Gasteiger partial charge in [0.1, 0.15) is 0 Å². The lowest BCUT2D eigenvalue weighted by atomic mass is 10.1. The number of imide groups is 1. The van der Waals surface area contributed by atoms with Crippen LogP contribution in [0.4, 0.5) is 0 Å². The van der Waals surface area contributed by atoms with E-state index in [4.69, 9.17) is 23.2 Å². The van der Waals surface area contributed by atoms with Gasteiger partial charge in [-0.3, -0.25) is 24.2 Å². The number of benzene rings is 1. The first-order chi connectivity index (χ1) is 11.4. The summed E-state index contributed by atoms with van der Waals surface area (Å²) in [5.41, 5.74) is 0.564.